The molecule has 1 atom stereocenters. The summed E-state index contributed by atoms with van der Waals surface area (Å²) in [4.78, 5) is 11.8. The molecule has 2 heterocycles. The van der Waals surface area contributed by atoms with Crippen LogP contribution in [0.2, 0.25) is 0 Å². The molecular formula is C11H14BrNOS2. The van der Waals surface area contributed by atoms with Gasteiger partial charge in [0.1, 0.15) is 0 Å². The van der Waals surface area contributed by atoms with Crippen LogP contribution in [0.25, 0.3) is 0 Å². The Morgan fingerprint density at radius 3 is 3.06 bits per heavy atom. The highest BCUT2D eigenvalue weighted by molar-refractivity contribution is 9.11. The van der Waals surface area contributed by atoms with Crippen LogP contribution in [0, 0.1) is 0 Å². The molecule has 1 fully saturated rings. The molecule has 1 aromatic rings. The first-order valence-corrected chi connectivity index (χ1v) is 7.91. The van der Waals surface area contributed by atoms with E-state index < -0.39 is 0 Å². The lowest BCUT2D eigenvalue weighted by Crippen LogP contribution is -2.36. The van der Waals surface area contributed by atoms with Crippen LogP contribution in [0.4, 0.5) is 0 Å². The maximum absolute atomic E-state index is 11.8. The van der Waals surface area contributed by atoms with Crippen molar-refractivity contribution in [1.82, 2.24) is 5.32 Å². The molecule has 1 unspecified atom stereocenters. The molecule has 1 aromatic heterocycles. The summed E-state index contributed by atoms with van der Waals surface area (Å²) >= 11 is 6.87. The molecule has 1 amide bonds. The maximum Gasteiger partial charge on any atom is 0.252 e. The van der Waals surface area contributed by atoms with E-state index in [-0.39, 0.29) is 10.7 Å². The Morgan fingerprint density at radius 1 is 1.69 bits per heavy atom. The number of hydrogen-bond acceptors (Lipinski definition) is 3. The molecule has 1 saturated heterocycles. The van der Waals surface area contributed by atoms with Gasteiger partial charge in [-0.2, -0.15) is 11.8 Å². The molecule has 0 saturated carbocycles. The second kappa shape index (κ2) is 5.10. The number of amides is 1. The molecule has 2 nitrogen and oxygen atoms in total. The van der Waals surface area contributed by atoms with Crippen molar-refractivity contribution < 1.29 is 4.79 Å². The summed E-state index contributed by atoms with van der Waals surface area (Å²) in [6, 6.07) is 1.87. The van der Waals surface area contributed by atoms with Crippen molar-refractivity contribution >= 4 is 44.9 Å². The SMILES string of the molecule is CC1(CNC(=O)c2csc(Br)c2)CCCS1. The van der Waals surface area contributed by atoms with Crippen molar-refractivity contribution in [1.29, 1.82) is 0 Å². The predicted octanol–water partition coefficient (Wildman–Crippen LogP) is 3.53. The molecule has 1 aliphatic rings. The summed E-state index contributed by atoms with van der Waals surface area (Å²) in [5.74, 6) is 1.26. The fraction of sp³-hybridized carbons (Fsp3) is 0.545. The Bertz CT molecular complexity index is 385. The number of thioether (sulfide) groups is 1. The van der Waals surface area contributed by atoms with Gasteiger partial charge < -0.3 is 5.32 Å². The van der Waals surface area contributed by atoms with Crippen LogP contribution in [-0.4, -0.2) is 23.0 Å². The van der Waals surface area contributed by atoms with Gasteiger partial charge in [0, 0.05) is 16.7 Å². The lowest BCUT2D eigenvalue weighted by molar-refractivity contribution is 0.0950. The monoisotopic (exact) mass is 319 g/mol. The molecule has 5 heteroatoms. The van der Waals surface area contributed by atoms with E-state index in [1.807, 2.05) is 23.2 Å². The van der Waals surface area contributed by atoms with E-state index in [0.717, 1.165) is 15.9 Å². The first-order valence-electron chi connectivity index (χ1n) is 5.25. The zero-order chi connectivity index (χ0) is 11.6. The van der Waals surface area contributed by atoms with E-state index >= 15 is 0 Å². The lowest BCUT2D eigenvalue weighted by atomic mass is 10.1. The first kappa shape index (κ1) is 12.5. The van der Waals surface area contributed by atoms with Gasteiger partial charge in [-0.15, -0.1) is 11.3 Å². The molecule has 0 aliphatic carbocycles. The molecule has 88 valence electrons. The van der Waals surface area contributed by atoms with Gasteiger partial charge in [0.15, 0.2) is 0 Å². The van der Waals surface area contributed by atoms with Crippen molar-refractivity contribution in [3.8, 4) is 0 Å². The normalized spacial score (nSPS) is 24.6. The molecule has 0 aromatic carbocycles. The molecule has 2 rings (SSSR count). The number of carbonyl (C=O) groups excluding carboxylic acids is 1. The number of rotatable bonds is 3. The van der Waals surface area contributed by atoms with Crippen molar-refractivity contribution in [3.63, 3.8) is 0 Å². The highest BCUT2D eigenvalue weighted by atomic mass is 79.9. The Balaban J connectivity index is 1.88. The Labute approximate surface area is 112 Å². The molecular weight excluding hydrogens is 306 g/mol. The van der Waals surface area contributed by atoms with Gasteiger partial charge in [-0.1, -0.05) is 0 Å². The van der Waals surface area contributed by atoms with E-state index in [0.29, 0.717) is 0 Å². The number of hydrogen-bond donors (Lipinski definition) is 1. The van der Waals surface area contributed by atoms with Gasteiger partial charge in [-0.05, 0) is 47.5 Å². The first-order chi connectivity index (χ1) is 7.59. The summed E-state index contributed by atoms with van der Waals surface area (Å²) < 4.78 is 1.24. The van der Waals surface area contributed by atoms with Crippen LogP contribution in [0.5, 0.6) is 0 Å². The van der Waals surface area contributed by atoms with Gasteiger partial charge in [-0.25, -0.2) is 0 Å². The average molecular weight is 320 g/mol. The van der Waals surface area contributed by atoms with Gasteiger partial charge in [0.2, 0.25) is 0 Å². The van der Waals surface area contributed by atoms with E-state index in [2.05, 4.69) is 28.2 Å². The largest absolute Gasteiger partial charge is 0.351 e. The molecule has 0 spiro atoms. The number of halogens is 1. The Hall–Kier alpha value is -0.000000000000000111. The van der Waals surface area contributed by atoms with Crippen molar-refractivity contribution in [2.75, 3.05) is 12.3 Å². The minimum Gasteiger partial charge on any atom is -0.351 e. The van der Waals surface area contributed by atoms with Crippen molar-refractivity contribution in [2.24, 2.45) is 0 Å². The van der Waals surface area contributed by atoms with Crippen LogP contribution in [0.1, 0.15) is 30.1 Å². The van der Waals surface area contributed by atoms with Crippen LogP contribution in [0.15, 0.2) is 15.2 Å². The topological polar surface area (TPSA) is 29.1 Å². The van der Waals surface area contributed by atoms with Crippen molar-refractivity contribution in [2.45, 2.75) is 24.5 Å². The average Bonchev–Trinajstić information content (AvgIpc) is 2.85. The highest BCUT2D eigenvalue weighted by Crippen LogP contribution is 2.37. The van der Waals surface area contributed by atoms with Gasteiger partial charge in [-0.3, -0.25) is 4.79 Å². The lowest BCUT2D eigenvalue weighted by Gasteiger charge is -2.22. The number of nitrogens with one attached hydrogen (secondary N) is 1. The van der Waals surface area contributed by atoms with Gasteiger partial charge >= 0.3 is 0 Å². The zero-order valence-electron chi connectivity index (χ0n) is 9.09. The fourth-order valence-electron chi connectivity index (χ4n) is 1.77. The third-order valence-electron chi connectivity index (χ3n) is 2.75. The third kappa shape index (κ3) is 3.02. The second-order valence-corrected chi connectivity index (χ2v) is 8.20. The fourth-order valence-corrected chi connectivity index (χ4v) is 4.16. The smallest absolute Gasteiger partial charge is 0.252 e. The predicted molar refractivity (Wildman–Crippen MR) is 74.4 cm³/mol. The molecule has 0 bridgehead atoms. The van der Waals surface area contributed by atoms with Crippen molar-refractivity contribution in [3.05, 3.63) is 20.8 Å². The standard InChI is InChI=1S/C11H14BrNOS2/c1-11(3-2-4-16-11)7-13-10(14)8-5-9(12)15-6-8/h5-6H,2-4,7H2,1H3,(H,13,14). The van der Waals surface area contributed by atoms with Gasteiger partial charge in [0.25, 0.3) is 5.91 Å². The zero-order valence-corrected chi connectivity index (χ0v) is 12.3. The van der Waals surface area contributed by atoms with Crippen LogP contribution in [0.3, 0.4) is 0 Å². The number of carbonyl (C=O) groups is 1. The molecule has 0 radical (unpaired) electrons. The van der Waals surface area contributed by atoms with E-state index in [4.69, 9.17) is 0 Å². The second-order valence-electron chi connectivity index (χ2n) is 4.22. The summed E-state index contributed by atoms with van der Waals surface area (Å²) in [6.07, 6.45) is 2.46. The third-order valence-corrected chi connectivity index (χ3v) is 5.80. The summed E-state index contributed by atoms with van der Waals surface area (Å²) in [6.45, 7) is 3.00. The summed E-state index contributed by atoms with van der Waals surface area (Å²) in [5.41, 5.74) is 0.753. The highest BCUT2D eigenvalue weighted by Gasteiger charge is 2.29. The number of thiophene rings is 1. The quantitative estimate of drug-likeness (QED) is 0.923. The van der Waals surface area contributed by atoms with Crippen LogP contribution < -0.4 is 5.32 Å². The van der Waals surface area contributed by atoms with E-state index in [9.17, 15) is 4.79 Å². The summed E-state index contributed by atoms with van der Waals surface area (Å²) in [5, 5.41) is 4.90. The Morgan fingerprint density at radius 2 is 2.50 bits per heavy atom. The van der Waals surface area contributed by atoms with Crippen LogP contribution in [-0.2, 0) is 0 Å². The van der Waals surface area contributed by atoms with Crippen LogP contribution >= 0.6 is 39.0 Å². The maximum atomic E-state index is 11.8. The minimum absolute atomic E-state index is 0.0377. The molecule has 1 N–H and O–H groups in total. The summed E-state index contributed by atoms with van der Waals surface area (Å²) in [7, 11) is 0. The molecule has 16 heavy (non-hydrogen) atoms. The molecule has 1 aliphatic heterocycles. The Kier molecular flexibility index (Phi) is 3.97. The van der Waals surface area contributed by atoms with E-state index in [1.54, 1.807) is 11.3 Å². The van der Waals surface area contributed by atoms with E-state index in [1.165, 1.54) is 18.6 Å². The van der Waals surface area contributed by atoms with Gasteiger partial charge in [0.05, 0.1) is 9.35 Å². The minimum atomic E-state index is 0.0377.